The lowest BCUT2D eigenvalue weighted by Gasteiger charge is -2.40. The molecule has 0 aliphatic carbocycles. The SMILES string of the molecule is C#CCOCCOCCOCCOCCC(=O)N(Cc1cn(CCO[C@@H]([C@@H]2OC(C(=O)OC)=C[C@H](N=C(NC(=O)OC(C)(C)C)NC(=O)OC(C)(C)C)[C@H]2NC(C)=O)[C@H]2COC(=O)O2)nn1)Cc1cn(CCO[C@@H]([C@@H]2OC(C(=O)OC)=C[C@H](N=C(NC(=O)OC(C)(C)C)NC(=O)OC(C)(C)C)[C@H]2NC(C)=O)[C@H]2COC(=O)O2)nn1. The molecule has 6 heterocycles. The molecule has 0 bridgehead atoms. The van der Waals surface area contributed by atoms with E-state index in [0.717, 1.165) is 26.4 Å². The van der Waals surface area contributed by atoms with E-state index in [1.807, 2.05) is 0 Å². The van der Waals surface area contributed by atoms with Crippen molar-refractivity contribution < 1.29 is 138 Å². The predicted octanol–water partition coefficient (Wildman–Crippen LogP) is 1.80. The van der Waals surface area contributed by atoms with Gasteiger partial charge in [0.25, 0.3) is 0 Å². The molecule has 0 unspecified atom stereocenters. The monoisotopic (exact) mass is 1620 g/mol. The highest BCUT2D eigenvalue weighted by atomic mass is 16.8. The largest absolute Gasteiger partial charge is 0.508 e. The second kappa shape index (κ2) is 43.3. The van der Waals surface area contributed by atoms with Crippen molar-refractivity contribution in [2.75, 3.05) is 93.5 Å². The third-order valence-electron chi connectivity index (χ3n) is 15.0. The van der Waals surface area contributed by atoms with Gasteiger partial charge < -0.3 is 101 Å². The van der Waals surface area contributed by atoms with E-state index in [1.165, 1.54) is 40.5 Å². The van der Waals surface area contributed by atoms with E-state index in [2.05, 4.69) is 68.4 Å². The summed E-state index contributed by atoms with van der Waals surface area (Å²) >= 11 is 0. The molecule has 2 fully saturated rings. The van der Waals surface area contributed by atoms with Gasteiger partial charge in [0.15, 0.2) is 24.4 Å². The average Bonchev–Trinajstić information content (AvgIpc) is 1.01. The number of nitrogens with zero attached hydrogens (tertiary/aromatic N) is 9. The topological polar surface area (TPSA) is 515 Å². The Morgan fingerprint density at radius 1 is 0.535 bits per heavy atom. The molecule has 7 amide bonds. The number of cyclic esters (lactones) is 4. The molecule has 0 aromatic carbocycles. The highest BCUT2D eigenvalue weighted by Crippen LogP contribution is 2.32. The number of carbonyl (C=O) groups is 11. The maximum Gasteiger partial charge on any atom is 0.508 e. The van der Waals surface area contributed by atoms with Crippen LogP contribution in [0, 0.1) is 12.3 Å². The first-order valence-electron chi connectivity index (χ1n) is 36.0. The molecule has 4 aliphatic heterocycles. The molecule has 114 heavy (non-hydrogen) atoms. The van der Waals surface area contributed by atoms with Gasteiger partial charge in [-0.15, -0.1) is 16.6 Å². The quantitative estimate of drug-likeness (QED) is 0.0143. The summed E-state index contributed by atoms with van der Waals surface area (Å²) in [5, 5.41) is 32.2. The maximum absolute atomic E-state index is 14.3. The van der Waals surface area contributed by atoms with Crippen LogP contribution < -0.4 is 31.9 Å². The van der Waals surface area contributed by atoms with Crippen molar-refractivity contribution in [3.8, 4) is 12.3 Å². The fourth-order valence-electron chi connectivity index (χ4n) is 10.7. The van der Waals surface area contributed by atoms with Crippen LogP contribution in [0.4, 0.5) is 28.8 Å². The summed E-state index contributed by atoms with van der Waals surface area (Å²) in [6.07, 6.45) is -4.46. The number of carbonyl (C=O) groups excluding carboxylic acids is 11. The van der Waals surface area contributed by atoms with E-state index in [1.54, 1.807) is 83.1 Å². The second-order valence-corrected chi connectivity index (χ2v) is 29.3. The Kier molecular flexibility index (Phi) is 34.9. The number of hydrogen-bond acceptors (Lipinski definition) is 35. The van der Waals surface area contributed by atoms with E-state index in [-0.39, 0.29) is 96.8 Å². The fourth-order valence-corrected chi connectivity index (χ4v) is 10.7. The van der Waals surface area contributed by atoms with E-state index in [4.69, 9.17) is 91.7 Å². The van der Waals surface area contributed by atoms with E-state index in [9.17, 15) is 52.7 Å². The van der Waals surface area contributed by atoms with Crippen LogP contribution in [-0.4, -0.2) is 290 Å². The standard InChI is InChI=1S/C70H103N15O29/c1-18-22-99-26-28-101-30-31-102-29-27-100-23-19-50(88)83(34-42-36-84(81-79-42)20-24-103-53(48-38-105-65(95)109-48)55-51(71-40(2)86)44(32-46(107-55)57(89)97-16)73-59(75-61(91)111-67(4,5)6)76-62(92)112-68(7,8)9)35-43-37-85(82-80-43)21-25-104-54(49-39-106-66(96)110-49)56-52(72-41(3)87)45(33-47(108-56)58(90)98-17)74-60(77-63(93)113-69(10,11)12)78-64(94)114-70(13,14)15/h1,32-33,36-37,44-45,48-49,51-56H,19-31,34-35,38-39H2,2-17H3,(H,71,86)(H,72,87)(H2,73,75,76,91,92)(H2,74,77,78,93,94)/t44-,45-,48+,49+,51+,52+,53+,54+,55+,56+/m0/s1. The van der Waals surface area contributed by atoms with E-state index >= 15 is 0 Å². The lowest BCUT2D eigenvalue weighted by atomic mass is 9.92. The van der Waals surface area contributed by atoms with Crippen molar-refractivity contribution in [3.63, 3.8) is 0 Å². The number of amides is 7. The van der Waals surface area contributed by atoms with E-state index in [0.29, 0.717) is 13.2 Å². The minimum absolute atomic E-state index is 0.0456. The number of alkyl carbamates (subject to hydrolysis) is 4. The average molecular weight is 1620 g/mol. The molecule has 632 valence electrons. The summed E-state index contributed by atoms with van der Waals surface area (Å²) in [5.41, 5.74) is -3.62. The van der Waals surface area contributed by atoms with Gasteiger partial charge in [-0.3, -0.25) is 35.7 Å². The maximum atomic E-state index is 14.3. The van der Waals surface area contributed by atoms with Gasteiger partial charge in [0.05, 0.1) is 143 Å². The van der Waals surface area contributed by atoms with Crippen molar-refractivity contribution in [1.82, 2.24) is 66.8 Å². The van der Waals surface area contributed by atoms with Crippen LogP contribution in [0.5, 0.6) is 0 Å². The van der Waals surface area contributed by atoms with Gasteiger partial charge in [0, 0.05) is 13.8 Å². The van der Waals surface area contributed by atoms with Crippen LogP contribution in [0.3, 0.4) is 0 Å². The van der Waals surface area contributed by atoms with Crippen molar-refractivity contribution in [2.45, 2.75) is 213 Å². The number of aliphatic imine (C=N–C) groups is 2. The van der Waals surface area contributed by atoms with E-state index < -0.39 is 186 Å². The Bertz CT molecular complexity index is 3530. The molecule has 2 aromatic rings. The highest BCUT2D eigenvalue weighted by molar-refractivity contribution is 6.02. The van der Waals surface area contributed by atoms with Crippen LogP contribution in [0.1, 0.15) is 115 Å². The number of rotatable bonds is 35. The van der Waals surface area contributed by atoms with Crippen LogP contribution in [0.15, 0.2) is 46.0 Å². The molecular weight excluding hydrogens is 1510 g/mol. The predicted molar refractivity (Wildman–Crippen MR) is 388 cm³/mol. The Morgan fingerprint density at radius 2 is 0.886 bits per heavy atom. The molecule has 6 N–H and O–H groups in total. The summed E-state index contributed by atoms with van der Waals surface area (Å²) in [7, 11) is 2.14. The van der Waals surface area contributed by atoms with Crippen molar-refractivity contribution in [3.05, 3.63) is 47.5 Å². The van der Waals surface area contributed by atoms with Crippen molar-refractivity contribution >= 4 is 78.3 Å². The molecule has 44 nitrogen and oxygen atoms in total. The van der Waals surface area contributed by atoms with Gasteiger partial charge in [-0.1, -0.05) is 16.3 Å². The van der Waals surface area contributed by atoms with Crippen molar-refractivity contribution in [2.24, 2.45) is 9.98 Å². The third kappa shape index (κ3) is 32.6. The zero-order valence-corrected chi connectivity index (χ0v) is 66.5. The molecule has 6 rings (SSSR count). The smallest absolute Gasteiger partial charge is 0.478 e. The number of nitrogens with one attached hydrogen (secondary N) is 6. The normalized spacial score (nSPS) is 19.8. The number of aromatic nitrogens is 6. The minimum Gasteiger partial charge on any atom is -0.478 e. The molecular formula is C70H103N15O29. The summed E-state index contributed by atoms with van der Waals surface area (Å²) < 4.78 is 103. The summed E-state index contributed by atoms with van der Waals surface area (Å²) in [6, 6.07) is -5.57. The minimum atomic E-state index is -1.51. The molecule has 2 aromatic heterocycles. The third-order valence-corrected chi connectivity index (χ3v) is 15.0. The van der Waals surface area contributed by atoms with Crippen LogP contribution in [-0.2, 0) is 135 Å². The van der Waals surface area contributed by atoms with Gasteiger partial charge in [-0.05, 0) is 95.2 Å². The lowest BCUT2D eigenvalue weighted by molar-refractivity contribution is -0.152. The Balaban J connectivity index is 1.25. The van der Waals surface area contributed by atoms with Gasteiger partial charge in [-0.25, -0.2) is 57.7 Å². The summed E-state index contributed by atoms with van der Waals surface area (Å²) in [6.45, 7) is 21.1. The zero-order chi connectivity index (χ0) is 84.1. The highest BCUT2D eigenvalue weighted by Gasteiger charge is 2.51. The first-order valence-corrected chi connectivity index (χ1v) is 36.0. The summed E-state index contributed by atoms with van der Waals surface area (Å²) in [4.78, 5) is 156. The number of terminal acetylenes is 1. The Labute approximate surface area is 656 Å². The zero-order valence-electron chi connectivity index (χ0n) is 66.5. The molecule has 4 aliphatic rings. The first kappa shape index (κ1) is 91.9. The van der Waals surface area contributed by atoms with Crippen LogP contribution >= 0.6 is 0 Å². The number of guanidine groups is 2. The van der Waals surface area contributed by atoms with Gasteiger partial charge in [0.1, 0.15) is 65.8 Å². The Hall–Kier alpha value is -11.0. The number of hydrogen-bond donors (Lipinski definition) is 6. The van der Waals surface area contributed by atoms with Crippen LogP contribution in [0.25, 0.3) is 0 Å². The molecule has 0 radical (unpaired) electrons. The lowest BCUT2D eigenvalue weighted by Crippen LogP contribution is -2.60. The van der Waals surface area contributed by atoms with Crippen molar-refractivity contribution in [1.29, 1.82) is 0 Å². The fraction of sp³-hybridized carbons (Fsp3) is 0.671. The van der Waals surface area contributed by atoms with Gasteiger partial charge >= 0.3 is 48.6 Å². The van der Waals surface area contributed by atoms with Crippen LogP contribution in [0.2, 0.25) is 0 Å². The molecule has 0 saturated carbocycles. The molecule has 2 saturated heterocycles. The van der Waals surface area contributed by atoms with Gasteiger partial charge in [0.2, 0.25) is 41.2 Å². The molecule has 44 heteroatoms. The van der Waals surface area contributed by atoms with Gasteiger partial charge in [-0.2, -0.15) is 0 Å². The molecule has 10 atom stereocenters. The molecule has 0 spiro atoms. The Morgan fingerprint density at radius 3 is 1.20 bits per heavy atom. The number of ether oxygens (including phenoxy) is 18. The second-order valence-electron chi connectivity index (χ2n) is 29.3. The number of esters is 2. The first-order chi connectivity index (χ1) is 53.7. The summed E-state index contributed by atoms with van der Waals surface area (Å²) in [5.74, 6) is -3.49. The number of methoxy groups -OCH3 is 2.